The fourth-order valence-electron chi connectivity index (χ4n) is 2.44. The van der Waals surface area contributed by atoms with Gasteiger partial charge in [0.25, 0.3) is 5.91 Å². The highest BCUT2D eigenvalue weighted by molar-refractivity contribution is 7.99. The average Bonchev–Trinajstić information content (AvgIpc) is 3.07. The molecule has 3 aromatic rings. The van der Waals surface area contributed by atoms with Crippen LogP contribution in [-0.2, 0) is 18.4 Å². The molecule has 156 valence electrons. The van der Waals surface area contributed by atoms with Gasteiger partial charge >= 0.3 is 0 Å². The van der Waals surface area contributed by atoms with Gasteiger partial charge in [0.1, 0.15) is 0 Å². The predicted molar refractivity (Wildman–Crippen MR) is 119 cm³/mol. The molecule has 0 aliphatic carbocycles. The zero-order valence-electron chi connectivity index (χ0n) is 15.7. The lowest BCUT2D eigenvalue weighted by Gasteiger charge is -2.10. The third-order valence-electron chi connectivity index (χ3n) is 3.97. The van der Waals surface area contributed by atoms with E-state index in [2.05, 4.69) is 20.8 Å². The van der Waals surface area contributed by atoms with Crippen LogP contribution in [0.5, 0.6) is 0 Å². The van der Waals surface area contributed by atoms with Crippen LogP contribution < -0.4 is 10.6 Å². The highest BCUT2D eigenvalue weighted by atomic mass is 35.5. The number of nitrogens with one attached hydrogen (secondary N) is 2. The number of carbonyl (C=O) groups excluding carboxylic acids is 2. The lowest BCUT2D eigenvalue weighted by molar-refractivity contribution is -0.113. The van der Waals surface area contributed by atoms with Crippen LogP contribution in [0.3, 0.4) is 0 Å². The molecule has 0 saturated heterocycles. The average molecular weight is 485 g/mol. The Morgan fingerprint density at radius 2 is 1.73 bits per heavy atom. The molecule has 30 heavy (non-hydrogen) atoms. The number of thioether (sulfide) groups is 1. The number of amides is 2. The number of nitrogens with zero attached hydrogens (tertiary/aromatic N) is 3. The van der Waals surface area contributed by atoms with Crippen molar-refractivity contribution in [2.45, 2.75) is 11.7 Å². The number of rotatable bonds is 7. The van der Waals surface area contributed by atoms with Gasteiger partial charge in [0.05, 0.1) is 28.0 Å². The zero-order chi connectivity index (χ0) is 21.7. The van der Waals surface area contributed by atoms with E-state index in [-0.39, 0.29) is 34.2 Å². The number of hydrogen-bond donors (Lipinski definition) is 2. The van der Waals surface area contributed by atoms with Gasteiger partial charge in [-0.15, -0.1) is 10.2 Å². The summed E-state index contributed by atoms with van der Waals surface area (Å²) in [4.78, 5) is 24.4. The molecule has 0 aliphatic rings. The minimum atomic E-state index is -0.312. The second-order valence-corrected chi connectivity index (χ2v) is 8.28. The SMILES string of the molecule is Cn1c(CNC(=O)c2ccccc2)nnc1SCC(=O)Nc1c(Cl)cc(Cl)cc1Cl. The van der Waals surface area contributed by atoms with Crippen LogP contribution in [0.2, 0.25) is 15.1 Å². The van der Waals surface area contributed by atoms with E-state index in [4.69, 9.17) is 34.8 Å². The maximum Gasteiger partial charge on any atom is 0.251 e. The van der Waals surface area contributed by atoms with Crippen molar-refractivity contribution in [3.05, 3.63) is 68.9 Å². The molecule has 7 nitrogen and oxygen atoms in total. The summed E-state index contributed by atoms with van der Waals surface area (Å²) in [6.45, 7) is 0.208. The molecular weight excluding hydrogens is 469 g/mol. The van der Waals surface area contributed by atoms with Crippen molar-refractivity contribution in [1.29, 1.82) is 0 Å². The van der Waals surface area contributed by atoms with Crippen LogP contribution >= 0.6 is 46.6 Å². The summed E-state index contributed by atoms with van der Waals surface area (Å²) in [5, 5.41) is 15.0. The summed E-state index contributed by atoms with van der Waals surface area (Å²) in [6, 6.07) is 11.9. The number of halogens is 3. The molecule has 2 N–H and O–H groups in total. The monoisotopic (exact) mass is 483 g/mol. The van der Waals surface area contributed by atoms with Gasteiger partial charge in [-0.05, 0) is 24.3 Å². The van der Waals surface area contributed by atoms with Crippen LogP contribution in [0, 0.1) is 0 Å². The fraction of sp³-hybridized carbons (Fsp3) is 0.158. The molecule has 0 spiro atoms. The Morgan fingerprint density at radius 1 is 1.07 bits per heavy atom. The summed E-state index contributed by atoms with van der Waals surface area (Å²) < 4.78 is 1.71. The first-order valence-corrected chi connectivity index (χ1v) is 10.8. The lowest BCUT2D eigenvalue weighted by atomic mass is 10.2. The molecule has 0 radical (unpaired) electrons. The maximum absolute atomic E-state index is 12.3. The molecule has 1 heterocycles. The molecule has 0 saturated carbocycles. The van der Waals surface area contributed by atoms with E-state index in [0.29, 0.717) is 27.3 Å². The van der Waals surface area contributed by atoms with Gasteiger partial charge in [-0.3, -0.25) is 9.59 Å². The Morgan fingerprint density at radius 3 is 2.40 bits per heavy atom. The second kappa shape index (κ2) is 10.2. The molecular formula is C19H16Cl3N5O2S. The first kappa shape index (κ1) is 22.4. The Balaban J connectivity index is 1.55. The highest BCUT2D eigenvalue weighted by Gasteiger charge is 2.15. The Bertz CT molecular complexity index is 1050. The smallest absolute Gasteiger partial charge is 0.251 e. The third kappa shape index (κ3) is 5.66. The van der Waals surface area contributed by atoms with Gasteiger partial charge < -0.3 is 15.2 Å². The number of anilines is 1. The molecule has 0 bridgehead atoms. The highest BCUT2D eigenvalue weighted by Crippen LogP contribution is 2.33. The predicted octanol–water partition coefficient (Wildman–Crippen LogP) is 4.44. The van der Waals surface area contributed by atoms with Crippen LogP contribution in [0.15, 0.2) is 47.6 Å². The molecule has 2 amide bonds. The number of hydrogen-bond acceptors (Lipinski definition) is 5. The largest absolute Gasteiger partial charge is 0.345 e. The van der Waals surface area contributed by atoms with Crippen LogP contribution in [0.1, 0.15) is 16.2 Å². The van der Waals surface area contributed by atoms with Gasteiger partial charge in [0, 0.05) is 17.6 Å². The Labute approximate surface area is 192 Å². The van der Waals surface area contributed by atoms with Crippen molar-refractivity contribution in [1.82, 2.24) is 20.1 Å². The van der Waals surface area contributed by atoms with E-state index in [0.717, 1.165) is 0 Å². The van der Waals surface area contributed by atoms with Gasteiger partial charge in [-0.25, -0.2) is 0 Å². The zero-order valence-corrected chi connectivity index (χ0v) is 18.7. The van der Waals surface area contributed by atoms with Crippen LogP contribution in [0.4, 0.5) is 5.69 Å². The first-order valence-electron chi connectivity index (χ1n) is 8.64. The molecule has 0 fully saturated rings. The van der Waals surface area contributed by atoms with Crippen molar-refractivity contribution >= 4 is 64.1 Å². The van der Waals surface area contributed by atoms with Crippen molar-refractivity contribution in [3.8, 4) is 0 Å². The molecule has 11 heteroatoms. The number of aromatic nitrogens is 3. The molecule has 2 aromatic carbocycles. The Hall–Kier alpha value is -2.26. The first-order chi connectivity index (χ1) is 14.3. The number of carbonyl (C=O) groups is 2. The van der Waals surface area contributed by atoms with E-state index in [1.807, 2.05) is 6.07 Å². The minimum absolute atomic E-state index is 0.0671. The molecule has 0 atom stereocenters. The molecule has 1 aromatic heterocycles. The second-order valence-electron chi connectivity index (χ2n) is 6.09. The minimum Gasteiger partial charge on any atom is -0.345 e. The summed E-state index contributed by atoms with van der Waals surface area (Å²) in [5.74, 6) is 0.111. The molecule has 3 rings (SSSR count). The Kier molecular flexibility index (Phi) is 7.60. The summed E-state index contributed by atoms with van der Waals surface area (Å²) in [7, 11) is 1.76. The van der Waals surface area contributed by atoms with Crippen molar-refractivity contribution in [2.24, 2.45) is 7.05 Å². The normalized spacial score (nSPS) is 10.7. The van der Waals surface area contributed by atoms with Crippen LogP contribution in [-0.4, -0.2) is 32.3 Å². The van der Waals surface area contributed by atoms with E-state index < -0.39 is 0 Å². The number of benzene rings is 2. The van der Waals surface area contributed by atoms with Gasteiger partial charge in [-0.1, -0.05) is 64.8 Å². The van der Waals surface area contributed by atoms with Crippen LogP contribution in [0.25, 0.3) is 0 Å². The van der Waals surface area contributed by atoms with Gasteiger partial charge in [0.2, 0.25) is 5.91 Å². The molecule has 0 aliphatic heterocycles. The van der Waals surface area contributed by atoms with E-state index in [9.17, 15) is 9.59 Å². The van der Waals surface area contributed by atoms with E-state index in [1.54, 1.807) is 35.9 Å². The standard InChI is InChI=1S/C19H16Cl3N5O2S/c1-27-15(9-23-18(29)11-5-3-2-4-6-11)25-26-19(27)30-10-16(28)24-17-13(21)7-12(20)8-14(17)22/h2-8H,9-10H2,1H3,(H,23,29)(H,24,28). The topological polar surface area (TPSA) is 88.9 Å². The summed E-state index contributed by atoms with van der Waals surface area (Å²) in [6.07, 6.45) is 0. The van der Waals surface area contributed by atoms with Crippen molar-refractivity contribution in [2.75, 3.05) is 11.1 Å². The van der Waals surface area contributed by atoms with Gasteiger partial charge in [-0.2, -0.15) is 0 Å². The lowest BCUT2D eigenvalue weighted by Crippen LogP contribution is -2.24. The van der Waals surface area contributed by atoms with Crippen molar-refractivity contribution in [3.63, 3.8) is 0 Å². The van der Waals surface area contributed by atoms with E-state index in [1.165, 1.54) is 23.9 Å². The fourth-order valence-corrected chi connectivity index (χ4v) is 4.08. The maximum atomic E-state index is 12.3. The van der Waals surface area contributed by atoms with E-state index >= 15 is 0 Å². The third-order valence-corrected chi connectivity index (χ3v) is 5.81. The molecule has 0 unspecified atom stereocenters. The quantitative estimate of drug-likeness (QED) is 0.484. The van der Waals surface area contributed by atoms with Gasteiger partial charge in [0.15, 0.2) is 11.0 Å². The van der Waals surface area contributed by atoms with Crippen molar-refractivity contribution < 1.29 is 9.59 Å². The summed E-state index contributed by atoms with van der Waals surface area (Å²) in [5.41, 5.74) is 0.862. The summed E-state index contributed by atoms with van der Waals surface area (Å²) >= 11 is 19.2.